The van der Waals surface area contributed by atoms with Gasteiger partial charge in [0.05, 0.1) is 18.4 Å². The fourth-order valence-corrected chi connectivity index (χ4v) is 2.75. The summed E-state index contributed by atoms with van der Waals surface area (Å²) in [5.41, 5.74) is 3.40. The number of hydrogen-bond donors (Lipinski definition) is 2. The van der Waals surface area contributed by atoms with E-state index in [2.05, 4.69) is 38.2 Å². The number of aromatic amines is 1. The zero-order chi connectivity index (χ0) is 13.2. The number of nitrogens with zero attached hydrogens (tertiary/aromatic N) is 3. The Balaban J connectivity index is 1.78. The number of anilines is 1. The molecule has 1 fully saturated rings. The second-order valence-electron chi connectivity index (χ2n) is 5.48. The van der Waals surface area contributed by atoms with Crippen LogP contribution in [0.2, 0.25) is 0 Å². The highest BCUT2D eigenvalue weighted by Gasteiger charge is 2.17. The number of aryl methyl sites for hydroxylation is 2. The van der Waals surface area contributed by atoms with Gasteiger partial charge in [0.15, 0.2) is 0 Å². The molecule has 102 valence electrons. The van der Waals surface area contributed by atoms with Crippen molar-refractivity contribution < 1.29 is 0 Å². The summed E-state index contributed by atoms with van der Waals surface area (Å²) in [7, 11) is 0. The largest absolute Gasteiger partial charge is 0.353 e. The van der Waals surface area contributed by atoms with Crippen LogP contribution in [0.4, 0.5) is 5.95 Å². The van der Waals surface area contributed by atoms with Gasteiger partial charge in [0.2, 0.25) is 5.95 Å². The Bertz CT molecular complexity index is 548. The molecule has 5 heteroatoms. The fourth-order valence-electron chi connectivity index (χ4n) is 2.75. The first-order valence-electron chi connectivity index (χ1n) is 7.01. The first kappa shape index (κ1) is 12.3. The molecule has 2 aromatic heterocycles. The molecular weight excluding hydrogens is 238 g/mol. The first-order chi connectivity index (χ1) is 9.22. The zero-order valence-electron chi connectivity index (χ0n) is 11.6. The maximum Gasteiger partial charge on any atom is 0.203 e. The SMILES string of the molecule is Cc1cn(Cc2cn[nH]c2C)c(NC2CCCC2)n1. The molecule has 1 aliphatic rings. The normalized spacial score (nSPS) is 16.1. The fraction of sp³-hybridized carbons (Fsp3) is 0.571. The summed E-state index contributed by atoms with van der Waals surface area (Å²) < 4.78 is 2.19. The van der Waals surface area contributed by atoms with Gasteiger partial charge < -0.3 is 9.88 Å². The summed E-state index contributed by atoms with van der Waals surface area (Å²) in [5.74, 6) is 0.991. The van der Waals surface area contributed by atoms with Crippen molar-refractivity contribution in [3.05, 3.63) is 29.3 Å². The number of rotatable bonds is 4. The summed E-state index contributed by atoms with van der Waals surface area (Å²) in [6.07, 6.45) is 9.18. The van der Waals surface area contributed by atoms with Crippen molar-refractivity contribution >= 4 is 5.95 Å². The van der Waals surface area contributed by atoms with E-state index in [1.165, 1.54) is 31.2 Å². The lowest BCUT2D eigenvalue weighted by Gasteiger charge is -2.14. The van der Waals surface area contributed by atoms with Gasteiger partial charge in [-0.05, 0) is 26.7 Å². The van der Waals surface area contributed by atoms with Crippen LogP contribution < -0.4 is 5.32 Å². The maximum absolute atomic E-state index is 4.61. The number of hydrogen-bond acceptors (Lipinski definition) is 3. The average Bonchev–Trinajstić information content (AvgIpc) is 3.06. The highest BCUT2D eigenvalue weighted by Crippen LogP contribution is 2.22. The molecule has 0 bridgehead atoms. The summed E-state index contributed by atoms with van der Waals surface area (Å²) in [6, 6.07) is 0.589. The summed E-state index contributed by atoms with van der Waals surface area (Å²) in [6.45, 7) is 4.91. The standard InChI is InChI=1S/C14H21N5/c1-10-8-19(9-12-7-15-18-11(12)2)14(16-10)17-13-5-3-4-6-13/h7-8,13H,3-6,9H2,1-2H3,(H,15,18)(H,16,17). The monoisotopic (exact) mass is 259 g/mol. The lowest BCUT2D eigenvalue weighted by Crippen LogP contribution is -2.18. The quantitative estimate of drug-likeness (QED) is 0.887. The number of aromatic nitrogens is 4. The van der Waals surface area contributed by atoms with E-state index in [9.17, 15) is 0 Å². The highest BCUT2D eigenvalue weighted by molar-refractivity contribution is 5.32. The van der Waals surface area contributed by atoms with Gasteiger partial charge in [-0.15, -0.1) is 0 Å². The molecule has 0 radical (unpaired) electrons. The van der Waals surface area contributed by atoms with Crippen molar-refractivity contribution in [2.24, 2.45) is 0 Å². The molecule has 2 N–H and O–H groups in total. The number of H-pyrrole nitrogens is 1. The molecule has 3 rings (SSSR count). The Kier molecular flexibility index (Phi) is 3.27. The van der Waals surface area contributed by atoms with E-state index in [-0.39, 0.29) is 0 Å². The molecule has 2 aromatic rings. The molecule has 0 aliphatic heterocycles. The Morgan fingerprint density at radius 2 is 2.16 bits per heavy atom. The van der Waals surface area contributed by atoms with Crippen molar-refractivity contribution in [3.63, 3.8) is 0 Å². The van der Waals surface area contributed by atoms with E-state index in [1.54, 1.807) is 0 Å². The minimum absolute atomic E-state index is 0.589. The van der Waals surface area contributed by atoms with Crippen LogP contribution in [-0.2, 0) is 6.54 Å². The van der Waals surface area contributed by atoms with Gasteiger partial charge in [-0.3, -0.25) is 5.10 Å². The van der Waals surface area contributed by atoms with Crippen LogP contribution in [0.15, 0.2) is 12.4 Å². The van der Waals surface area contributed by atoms with Crippen molar-refractivity contribution in [2.45, 2.75) is 52.1 Å². The van der Waals surface area contributed by atoms with Crippen LogP contribution >= 0.6 is 0 Å². The van der Waals surface area contributed by atoms with Crippen LogP contribution in [0.3, 0.4) is 0 Å². The molecule has 19 heavy (non-hydrogen) atoms. The summed E-state index contributed by atoms with van der Waals surface area (Å²) in [4.78, 5) is 4.61. The maximum atomic E-state index is 4.61. The lowest BCUT2D eigenvalue weighted by molar-refractivity contribution is 0.715. The molecule has 2 heterocycles. The Morgan fingerprint density at radius 3 is 2.84 bits per heavy atom. The lowest BCUT2D eigenvalue weighted by atomic mass is 10.2. The topological polar surface area (TPSA) is 58.5 Å². The molecule has 0 aromatic carbocycles. The summed E-state index contributed by atoms with van der Waals surface area (Å²) in [5, 5.41) is 10.6. The predicted octanol–water partition coefficient (Wildman–Crippen LogP) is 2.63. The van der Waals surface area contributed by atoms with Crippen molar-refractivity contribution in [1.29, 1.82) is 0 Å². The van der Waals surface area contributed by atoms with Gasteiger partial charge in [-0.2, -0.15) is 5.10 Å². The number of nitrogens with one attached hydrogen (secondary N) is 2. The van der Waals surface area contributed by atoms with Crippen molar-refractivity contribution in [2.75, 3.05) is 5.32 Å². The Morgan fingerprint density at radius 1 is 1.37 bits per heavy atom. The summed E-state index contributed by atoms with van der Waals surface area (Å²) >= 11 is 0. The third kappa shape index (κ3) is 2.64. The van der Waals surface area contributed by atoms with Gasteiger partial charge in [0.25, 0.3) is 0 Å². The van der Waals surface area contributed by atoms with Crippen LogP contribution in [-0.4, -0.2) is 25.8 Å². The van der Waals surface area contributed by atoms with Gasteiger partial charge in [-0.1, -0.05) is 12.8 Å². The van der Waals surface area contributed by atoms with Gasteiger partial charge in [-0.25, -0.2) is 4.98 Å². The van der Waals surface area contributed by atoms with Crippen molar-refractivity contribution in [1.82, 2.24) is 19.7 Å². The van der Waals surface area contributed by atoms with Gasteiger partial charge in [0, 0.05) is 23.5 Å². The molecular formula is C14H21N5. The molecule has 0 atom stereocenters. The van der Waals surface area contributed by atoms with E-state index in [0.717, 1.165) is 23.9 Å². The smallest absolute Gasteiger partial charge is 0.203 e. The minimum atomic E-state index is 0.589. The average molecular weight is 259 g/mol. The van der Waals surface area contributed by atoms with E-state index in [0.29, 0.717) is 6.04 Å². The molecule has 1 aliphatic carbocycles. The highest BCUT2D eigenvalue weighted by atomic mass is 15.2. The van der Waals surface area contributed by atoms with Crippen LogP contribution in [0.25, 0.3) is 0 Å². The van der Waals surface area contributed by atoms with E-state index in [1.807, 2.05) is 13.1 Å². The van der Waals surface area contributed by atoms with Crippen LogP contribution in [0.5, 0.6) is 0 Å². The molecule has 5 nitrogen and oxygen atoms in total. The third-order valence-corrected chi connectivity index (χ3v) is 3.86. The second kappa shape index (κ2) is 5.07. The van der Waals surface area contributed by atoms with Gasteiger partial charge in [0.1, 0.15) is 0 Å². The Hall–Kier alpha value is -1.78. The second-order valence-corrected chi connectivity index (χ2v) is 5.48. The van der Waals surface area contributed by atoms with Crippen molar-refractivity contribution in [3.8, 4) is 0 Å². The van der Waals surface area contributed by atoms with E-state index < -0.39 is 0 Å². The molecule has 1 saturated carbocycles. The predicted molar refractivity (Wildman–Crippen MR) is 75.3 cm³/mol. The zero-order valence-corrected chi connectivity index (χ0v) is 11.6. The van der Waals surface area contributed by atoms with E-state index in [4.69, 9.17) is 0 Å². The number of imidazole rings is 1. The molecule has 0 amide bonds. The van der Waals surface area contributed by atoms with Gasteiger partial charge >= 0.3 is 0 Å². The molecule has 0 unspecified atom stereocenters. The molecule has 0 saturated heterocycles. The minimum Gasteiger partial charge on any atom is -0.353 e. The molecule has 0 spiro atoms. The Labute approximate surface area is 113 Å². The van der Waals surface area contributed by atoms with E-state index >= 15 is 0 Å². The van der Waals surface area contributed by atoms with Crippen LogP contribution in [0, 0.1) is 13.8 Å². The third-order valence-electron chi connectivity index (χ3n) is 3.86. The first-order valence-corrected chi connectivity index (χ1v) is 7.01. The van der Waals surface area contributed by atoms with Crippen LogP contribution in [0.1, 0.15) is 42.6 Å².